The number of oxazole rings is 1. The summed E-state index contributed by atoms with van der Waals surface area (Å²) in [5.74, 6) is 1.38. The highest BCUT2D eigenvalue weighted by atomic mass is 127. The van der Waals surface area contributed by atoms with Crippen molar-refractivity contribution >= 4 is 29.9 Å². The van der Waals surface area contributed by atoms with Crippen molar-refractivity contribution in [2.45, 2.75) is 19.9 Å². The zero-order valence-electron chi connectivity index (χ0n) is 15.6. The van der Waals surface area contributed by atoms with Crippen LogP contribution in [-0.2, 0) is 20.0 Å². The predicted octanol–water partition coefficient (Wildman–Crippen LogP) is 2.99. The summed E-state index contributed by atoms with van der Waals surface area (Å²) in [6.45, 7) is 4.08. The zero-order chi connectivity index (χ0) is 18.2. The monoisotopic (exact) mass is 480 g/mol. The molecule has 2 N–H and O–H groups in total. The topological polar surface area (TPSA) is 80.3 Å². The average molecular weight is 480 g/mol. The molecule has 1 aromatic carbocycles. The normalized spacial score (nSPS) is 11.1. The van der Waals surface area contributed by atoms with E-state index in [9.17, 15) is 0 Å². The van der Waals surface area contributed by atoms with Gasteiger partial charge < -0.3 is 15.1 Å². The first kappa shape index (κ1) is 20.9. The Labute approximate surface area is 176 Å². The van der Waals surface area contributed by atoms with Crippen molar-refractivity contribution in [2.24, 2.45) is 12.0 Å². The molecule has 7 nitrogen and oxygen atoms in total. The van der Waals surface area contributed by atoms with Crippen LogP contribution in [0.1, 0.15) is 18.2 Å². The van der Waals surface area contributed by atoms with Crippen LogP contribution in [0, 0.1) is 0 Å². The van der Waals surface area contributed by atoms with Crippen molar-refractivity contribution in [3.63, 3.8) is 0 Å². The molecule has 3 rings (SSSR count). The summed E-state index contributed by atoms with van der Waals surface area (Å²) in [6, 6.07) is 9.85. The molecule has 0 atom stereocenters. The molecule has 0 saturated carbocycles. The van der Waals surface area contributed by atoms with Gasteiger partial charge in [-0.2, -0.15) is 5.10 Å². The lowest BCUT2D eigenvalue weighted by molar-refractivity contribution is 0.572. The van der Waals surface area contributed by atoms with E-state index in [1.165, 1.54) is 5.56 Å². The molecule has 0 spiro atoms. The molecule has 0 aliphatic rings. The molecule has 2 heterocycles. The second-order valence-electron chi connectivity index (χ2n) is 5.90. The van der Waals surface area contributed by atoms with E-state index in [1.54, 1.807) is 6.26 Å². The molecule has 0 radical (unpaired) electrons. The summed E-state index contributed by atoms with van der Waals surface area (Å²) in [5.41, 5.74) is 2.96. The minimum atomic E-state index is 0. The Morgan fingerprint density at radius 2 is 2.04 bits per heavy atom. The highest BCUT2D eigenvalue weighted by molar-refractivity contribution is 14.0. The van der Waals surface area contributed by atoms with Crippen LogP contribution in [0.2, 0.25) is 0 Å². The van der Waals surface area contributed by atoms with Gasteiger partial charge in [0.2, 0.25) is 5.89 Å². The van der Waals surface area contributed by atoms with Gasteiger partial charge in [0.05, 0.1) is 12.7 Å². The number of rotatable bonds is 7. The van der Waals surface area contributed by atoms with Gasteiger partial charge in [-0.1, -0.05) is 18.2 Å². The summed E-state index contributed by atoms with van der Waals surface area (Å²) >= 11 is 0. The highest BCUT2D eigenvalue weighted by Crippen LogP contribution is 2.18. The molecule has 0 amide bonds. The molecule has 0 fully saturated rings. The van der Waals surface area contributed by atoms with Crippen LogP contribution in [0.5, 0.6) is 0 Å². The first-order valence-corrected chi connectivity index (χ1v) is 8.74. The molecule has 0 aliphatic carbocycles. The Balaban J connectivity index is 0.00000261. The van der Waals surface area contributed by atoms with Crippen molar-refractivity contribution in [2.75, 3.05) is 13.1 Å². The van der Waals surface area contributed by atoms with Gasteiger partial charge in [-0.15, -0.1) is 24.0 Å². The van der Waals surface area contributed by atoms with E-state index in [0.717, 1.165) is 36.7 Å². The predicted molar refractivity (Wildman–Crippen MR) is 117 cm³/mol. The molecule has 3 aromatic rings. The van der Waals surface area contributed by atoms with E-state index in [2.05, 4.69) is 25.7 Å². The second-order valence-corrected chi connectivity index (χ2v) is 5.90. The number of nitrogens with one attached hydrogen (secondary N) is 2. The van der Waals surface area contributed by atoms with Gasteiger partial charge in [0.25, 0.3) is 0 Å². The van der Waals surface area contributed by atoms with Gasteiger partial charge in [0.1, 0.15) is 12.0 Å². The maximum Gasteiger partial charge on any atom is 0.226 e. The summed E-state index contributed by atoms with van der Waals surface area (Å²) in [6.07, 6.45) is 6.45. The van der Waals surface area contributed by atoms with Gasteiger partial charge in [0, 0.05) is 31.9 Å². The smallest absolute Gasteiger partial charge is 0.226 e. The van der Waals surface area contributed by atoms with Crippen molar-refractivity contribution in [3.05, 3.63) is 60.2 Å². The van der Waals surface area contributed by atoms with Crippen molar-refractivity contribution in [1.82, 2.24) is 25.4 Å². The maximum atomic E-state index is 5.55. The molecule has 8 heteroatoms. The number of aryl methyl sites for hydroxylation is 1. The molecule has 144 valence electrons. The number of halogens is 1. The molecular formula is C19H25IN6O. The van der Waals surface area contributed by atoms with Gasteiger partial charge in [-0.3, -0.25) is 4.68 Å². The van der Waals surface area contributed by atoms with E-state index in [4.69, 9.17) is 4.42 Å². The number of benzene rings is 1. The Kier molecular flexibility index (Phi) is 8.31. The van der Waals surface area contributed by atoms with E-state index in [0.29, 0.717) is 12.4 Å². The van der Waals surface area contributed by atoms with Gasteiger partial charge in [0.15, 0.2) is 5.96 Å². The fraction of sp³-hybridized carbons (Fsp3) is 0.316. The molecule has 27 heavy (non-hydrogen) atoms. The number of hydrogen-bond acceptors (Lipinski definition) is 4. The van der Waals surface area contributed by atoms with Crippen LogP contribution >= 0.6 is 24.0 Å². The van der Waals surface area contributed by atoms with Crippen LogP contribution in [0.25, 0.3) is 11.5 Å². The molecule has 0 unspecified atom stereocenters. The van der Waals surface area contributed by atoms with Crippen LogP contribution in [0.3, 0.4) is 0 Å². The average Bonchev–Trinajstić information content (AvgIpc) is 3.29. The third-order valence-corrected chi connectivity index (χ3v) is 3.78. The first-order valence-electron chi connectivity index (χ1n) is 8.74. The SMILES string of the molecule is CCNC(=NCc1coc(-c2ccccc2)n1)NCCc1cnn(C)c1.I. The fourth-order valence-electron chi connectivity index (χ4n) is 2.52. The molecule has 0 aliphatic heterocycles. The standard InChI is InChI=1S/C19H24N6O.HI/c1-3-20-19(21-10-9-15-11-23-25(2)13-15)22-12-17-14-26-18(24-17)16-7-5-4-6-8-16;/h4-8,11,13-14H,3,9-10,12H2,1-2H3,(H2,20,21,22);1H. The Morgan fingerprint density at radius 1 is 1.22 bits per heavy atom. The highest BCUT2D eigenvalue weighted by Gasteiger charge is 2.06. The van der Waals surface area contributed by atoms with Crippen LogP contribution in [0.15, 0.2) is 58.4 Å². The Morgan fingerprint density at radius 3 is 2.74 bits per heavy atom. The number of aliphatic imine (C=N–C) groups is 1. The quantitative estimate of drug-likeness (QED) is 0.309. The minimum absolute atomic E-state index is 0. The summed E-state index contributed by atoms with van der Waals surface area (Å²) in [5, 5.41) is 10.8. The number of hydrogen-bond donors (Lipinski definition) is 2. The van der Waals surface area contributed by atoms with Crippen molar-refractivity contribution < 1.29 is 4.42 Å². The van der Waals surface area contributed by atoms with Crippen LogP contribution in [0.4, 0.5) is 0 Å². The fourth-order valence-corrected chi connectivity index (χ4v) is 2.52. The number of guanidine groups is 1. The molecule has 2 aromatic heterocycles. The molecular weight excluding hydrogens is 455 g/mol. The number of aromatic nitrogens is 3. The summed E-state index contributed by atoms with van der Waals surface area (Å²) in [7, 11) is 1.92. The second kappa shape index (κ2) is 10.7. The van der Waals surface area contributed by atoms with Gasteiger partial charge >= 0.3 is 0 Å². The molecule has 0 bridgehead atoms. The van der Waals surface area contributed by atoms with Gasteiger partial charge in [-0.25, -0.2) is 9.98 Å². The van der Waals surface area contributed by atoms with Crippen LogP contribution < -0.4 is 10.6 Å². The Bertz CT molecular complexity index is 843. The first-order chi connectivity index (χ1) is 12.7. The third-order valence-electron chi connectivity index (χ3n) is 3.78. The van der Waals surface area contributed by atoms with E-state index in [1.807, 2.05) is 61.4 Å². The largest absolute Gasteiger partial charge is 0.444 e. The maximum absolute atomic E-state index is 5.55. The lowest BCUT2D eigenvalue weighted by Gasteiger charge is -2.10. The van der Waals surface area contributed by atoms with Crippen molar-refractivity contribution in [3.8, 4) is 11.5 Å². The van der Waals surface area contributed by atoms with E-state index in [-0.39, 0.29) is 24.0 Å². The zero-order valence-corrected chi connectivity index (χ0v) is 17.9. The van der Waals surface area contributed by atoms with Gasteiger partial charge in [-0.05, 0) is 31.0 Å². The summed E-state index contributed by atoms with van der Waals surface area (Å²) < 4.78 is 7.36. The number of nitrogens with zero attached hydrogens (tertiary/aromatic N) is 4. The summed E-state index contributed by atoms with van der Waals surface area (Å²) in [4.78, 5) is 9.08. The minimum Gasteiger partial charge on any atom is -0.444 e. The van der Waals surface area contributed by atoms with E-state index >= 15 is 0 Å². The van der Waals surface area contributed by atoms with E-state index < -0.39 is 0 Å². The molecule has 0 saturated heterocycles. The lowest BCUT2D eigenvalue weighted by atomic mass is 10.2. The Hall–Kier alpha value is -2.36. The van der Waals surface area contributed by atoms with Crippen LogP contribution in [-0.4, -0.2) is 33.8 Å². The lowest BCUT2D eigenvalue weighted by Crippen LogP contribution is -2.38. The van der Waals surface area contributed by atoms with Crippen molar-refractivity contribution in [1.29, 1.82) is 0 Å². The third kappa shape index (κ3) is 6.38.